The van der Waals surface area contributed by atoms with Crippen LogP contribution in [0.1, 0.15) is 5.56 Å². The summed E-state index contributed by atoms with van der Waals surface area (Å²) in [6.07, 6.45) is -0.232. The number of hydrogen-bond acceptors (Lipinski definition) is 3. The molecule has 4 nitrogen and oxygen atoms in total. The zero-order chi connectivity index (χ0) is 21.6. The average molecular weight is 497 g/mol. The Hall–Kier alpha value is -2.32. The standard InChI is InChI=1S/C25H27N2O2PSe/c1-20-23(26-16-18-27(19-17-26)25(28)29-2)14-9-15-24(20)31-30(21-10-5-3-6-11-21)22-12-7-4-8-13-22/h3-15H,16-19H2,1-2H3. The van der Waals surface area contributed by atoms with Crippen molar-refractivity contribution >= 4 is 48.0 Å². The summed E-state index contributed by atoms with van der Waals surface area (Å²) in [5.74, 6) is 0. The average Bonchev–Trinajstić information content (AvgIpc) is 2.84. The molecular formula is C25H27N2O2PSe. The topological polar surface area (TPSA) is 32.8 Å². The fourth-order valence-corrected chi connectivity index (χ4v) is 11.3. The molecule has 31 heavy (non-hydrogen) atoms. The maximum absolute atomic E-state index is 11.8. The number of rotatable bonds is 5. The van der Waals surface area contributed by atoms with E-state index in [1.807, 2.05) is 0 Å². The number of piperazine rings is 1. The van der Waals surface area contributed by atoms with Crippen LogP contribution < -0.4 is 20.0 Å². The van der Waals surface area contributed by atoms with Gasteiger partial charge >= 0.3 is 192 Å². The summed E-state index contributed by atoms with van der Waals surface area (Å²) in [5, 5.41) is 2.86. The molecule has 3 aromatic carbocycles. The van der Waals surface area contributed by atoms with Gasteiger partial charge in [0.25, 0.3) is 0 Å². The first kappa shape index (κ1) is 21.9. The van der Waals surface area contributed by atoms with Crippen LogP contribution in [-0.4, -0.2) is 58.8 Å². The normalized spacial score (nSPS) is 14.0. The van der Waals surface area contributed by atoms with Crippen LogP contribution in [0.25, 0.3) is 0 Å². The Bertz CT molecular complexity index is 969. The molecule has 0 aromatic heterocycles. The molecule has 160 valence electrons. The van der Waals surface area contributed by atoms with Gasteiger partial charge in [-0.15, -0.1) is 0 Å². The molecule has 0 atom stereocenters. The fourth-order valence-electron chi connectivity index (χ4n) is 3.78. The third-order valence-electron chi connectivity index (χ3n) is 5.48. The number of benzene rings is 3. The van der Waals surface area contributed by atoms with E-state index < -0.39 is 6.61 Å². The Labute approximate surface area is 191 Å². The van der Waals surface area contributed by atoms with Gasteiger partial charge in [-0.2, -0.15) is 0 Å². The molecular weight excluding hydrogens is 470 g/mol. The Morgan fingerprint density at radius 1 is 0.839 bits per heavy atom. The molecule has 0 radical (unpaired) electrons. The van der Waals surface area contributed by atoms with Crippen LogP contribution in [-0.2, 0) is 4.74 Å². The molecule has 0 saturated carbocycles. The number of hydrogen-bond donors (Lipinski definition) is 0. The number of carbonyl (C=O) groups excluding carboxylic acids is 1. The van der Waals surface area contributed by atoms with Crippen LogP contribution in [0, 0.1) is 6.92 Å². The van der Waals surface area contributed by atoms with Gasteiger partial charge in [-0.25, -0.2) is 0 Å². The third-order valence-corrected chi connectivity index (χ3v) is 13.4. The molecule has 1 aliphatic rings. The number of methoxy groups -OCH3 is 1. The molecule has 6 heteroatoms. The van der Waals surface area contributed by atoms with Gasteiger partial charge in [0.15, 0.2) is 0 Å². The molecule has 1 aliphatic heterocycles. The first-order valence-corrected chi connectivity index (χ1v) is 14.8. The van der Waals surface area contributed by atoms with Crippen LogP contribution in [0.4, 0.5) is 10.5 Å². The summed E-state index contributed by atoms with van der Waals surface area (Å²) >= 11 is 0.311. The Morgan fingerprint density at radius 3 is 1.97 bits per heavy atom. The van der Waals surface area contributed by atoms with Gasteiger partial charge in [0.05, 0.1) is 0 Å². The Morgan fingerprint density at radius 2 is 1.42 bits per heavy atom. The Balaban J connectivity index is 1.58. The van der Waals surface area contributed by atoms with Crippen LogP contribution in [0.5, 0.6) is 0 Å². The second kappa shape index (κ2) is 10.3. The summed E-state index contributed by atoms with van der Waals surface area (Å²) in [6, 6.07) is 28.6. The van der Waals surface area contributed by atoms with Crippen molar-refractivity contribution in [2.45, 2.75) is 6.92 Å². The van der Waals surface area contributed by atoms with Crippen LogP contribution >= 0.6 is 6.61 Å². The summed E-state index contributed by atoms with van der Waals surface area (Å²) in [5.41, 5.74) is 2.66. The number of ether oxygens (including phenoxy) is 1. The molecule has 4 rings (SSSR count). The van der Waals surface area contributed by atoms with Crippen molar-refractivity contribution in [1.82, 2.24) is 4.90 Å². The predicted molar refractivity (Wildman–Crippen MR) is 132 cm³/mol. The van der Waals surface area contributed by atoms with Crippen LogP contribution in [0.2, 0.25) is 0 Å². The molecule has 3 aromatic rings. The van der Waals surface area contributed by atoms with E-state index >= 15 is 0 Å². The van der Waals surface area contributed by atoms with E-state index in [2.05, 4.69) is 90.7 Å². The first-order chi connectivity index (χ1) is 15.2. The fraction of sp³-hybridized carbons (Fsp3) is 0.240. The van der Waals surface area contributed by atoms with Gasteiger partial charge in [-0.05, 0) is 0 Å². The molecule has 0 aliphatic carbocycles. The predicted octanol–water partition coefficient (Wildman–Crippen LogP) is 3.26. The van der Waals surface area contributed by atoms with Gasteiger partial charge in [-0.1, -0.05) is 0 Å². The molecule has 1 saturated heterocycles. The van der Waals surface area contributed by atoms with E-state index in [-0.39, 0.29) is 6.09 Å². The monoisotopic (exact) mass is 498 g/mol. The van der Waals surface area contributed by atoms with Gasteiger partial charge in [-0.3, -0.25) is 0 Å². The molecule has 0 unspecified atom stereocenters. The van der Waals surface area contributed by atoms with Gasteiger partial charge < -0.3 is 0 Å². The molecule has 1 amide bonds. The number of carbonyl (C=O) groups is 1. The van der Waals surface area contributed by atoms with Crippen molar-refractivity contribution in [3.63, 3.8) is 0 Å². The second-order valence-corrected chi connectivity index (χ2v) is 13.6. The van der Waals surface area contributed by atoms with Crippen molar-refractivity contribution in [3.05, 3.63) is 84.4 Å². The van der Waals surface area contributed by atoms with Crippen molar-refractivity contribution in [3.8, 4) is 0 Å². The molecule has 0 spiro atoms. The van der Waals surface area contributed by atoms with Crippen molar-refractivity contribution in [2.24, 2.45) is 0 Å². The summed E-state index contributed by atoms with van der Waals surface area (Å²) in [4.78, 5) is 16.0. The van der Waals surface area contributed by atoms with Crippen molar-refractivity contribution < 1.29 is 9.53 Å². The van der Waals surface area contributed by atoms with Crippen molar-refractivity contribution in [1.29, 1.82) is 0 Å². The van der Waals surface area contributed by atoms with Gasteiger partial charge in [0, 0.05) is 0 Å². The van der Waals surface area contributed by atoms with E-state index in [0.29, 0.717) is 27.6 Å². The Kier molecular flexibility index (Phi) is 7.29. The number of amides is 1. The van der Waals surface area contributed by atoms with Crippen LogP contribution in [0.3, 0.4) is 0 Å². The van der Waals surface area contributed by atoms with E-state index in [9.17, 15) is 4.79 Å². The van der Waals surface area contributed by atoms with Gasteiger partial charge in [0.2, 0.25) is 0 Å². The third kappa shape index (κ3) is 5.12. The molecule has 1 fully saturated rings. The minimum atomic E-state index is -0.417. The van der Waals surface area contributed by atoms with E-state index in [1.165, 1.54) is 33.4 Å². The summed E-state index contributed by atoms with van der Waals surface area (Å²) < 4.78 is 6.33. The quantitative estimate of drug-likeness (QED) is 0.401. The summed E-state index contributed by atoms with van der Waals surface area (Å²) in [7, 11) is 1.45. The molecule has 1 heterocycles. The van der Waals surface area contributed by atoms with Gasteiger partial charge in [0.1, 0.15) is 0 Å². The molecule has 0 bridgehead atoms. The maximum atomic E-state index is 11.8. The molecule has 0 N–H and O–H groups in total. The van der Waals surface area contributed by atoms with E-state index in [4.69, 9.17) is 4.74 Å². The van der Waals surface area contributed by atoms with Crippen molar-refractivity contribution in [2.75, 3.05) is 38.2 Å². The second-order valence-electron chi connectivity index (χ2n) is 7.40. The van der Waals surface area contributed by atoms with Crippen LogP contribution in [0.15, 0.2) is 78.9 Å². The number of nitrogens with zero attached hydrogens (tertiary/aromatic N) is 2. The minimum absolute atomic E-state index is 0.232. The van der Waals surface area contributed by atoms with E-state index in [1.54, 1.807) is 4.90 Å². The zero-order valence-corrected chi connectivity index (χ0v) is 20.5. The summed E-state index contributed by atoms with van der Waals surface area (Å²) in [6.45, 7) is 4.89. The van der Waals surface area contributed by atoms with E-state index in [0.717, 1.165) is 13.1 Å². The first-order valence-electron chi connectivity index (χ1n) is 10.4. The zero-order valence-electron chi connectivity index (χ0n) is 17.9. The number of anilines is 1. The SMILES string of the molecule is COC(=O)N1CCN(c2cccc([Se]P(c3ccccc3)c3ccccc3)c2C)CC1.